The van der Waals surface area contributed by atoms with Crippen molar-refractivity contribution in [2.75, 3.05) is 5.32 Å². The second kappa shape index (κ2) is 10.5. The zero-order chi connectivity index (χ0) is 28.2. The van der Waals surface area contributed by atoms with Crippen LogP contribution >= 0.6 is 23.2 Å². The van der Waals surface area contributed by atoms with Gasteiger partial charge < -0.3 is 19.5 Å². The minimum absolute atomic E-state index is 0.109. The maximum atomic E-state index is 13.7. The molecule has 6 rings (SSSR count). The van der Waals surface area contributed by atoms with Gasteiger partial charge in [-0.1, -0.05) is 34.4 Å². The van der Waals surface area contributed by atoms with Crippen molar-refractivity contribution in [3.63, 3.8) is 0 Å². The number of benzene rings is 2. The van der Waals surface area contributed by atoms with Crippen LogP contribution in [0.15, 0.2) is 40.9 Å². The number of halogens is 6. The Kier molecular flexibility index (Phi) is 7.21. The first-order valence-corrected chi connectivity index (χ1v) is 13.9. The Bertz CT molecular complexity index is 1410. The molecule has 1 aliphatic carbocycles. The van der Waals surface area contributed by atoms with Crippen LogP contribution in [0.4, 0.5) is 28.0 Å². The summed E-state index contributed by atoms with van der Waals surface area (Å²) in [5.74, 6) is -0.323. The fraction of sp³-hybridized carbons (Fsp3) is 0.429. The molecule has 0 spiro atoms. The van der Waals surface area contributed by atoms with Crippen LogP contribution < -0.4 is 5.32 Å². The zero-order valence-corrected chi connectivity index (χ0v) is 22.6. The smallest absolute Gasteiger partial charge is 0.373 e. The van der Waals surface area contributed by atoms with E-state index in [4.69, 9.17) is 32.5 Å². The van der Waals surface area contributed by atoms with Crippen LogP contribution in [0.25, 0.3) is 11.3 Å². The minimum Gasteiger partial charge on any atom is -0.373 e. The third-order valence-corrected chi connectivity index (χ3v) is 8.51. The predicted octanol–water partition coefficient (Wildman–Crippen LogP) is 8.43. The van der Waals surface area contributed by atoms with Crippen molar-refractivity contribution < 1.29 is 31.6 Å². The van der Waals surface area contributed by atoms with Crippen molar-refractivity contribution in [1.82, 2.24) is 10.1 Å². The Morgan fingerprint density at radius 3 is 2.38 bits per heavy atom. The topological polar surface area (TPSA) is 67.6 Å². The number of rotatable bonds is 6. The Balaban J connectivity index is 1.14. The number of urea groups is 1. The Morgan fingerprint density at radius 1 is 1.07 bits per heavy atom. The van der Waals surface area contributed by atoms with E-state index in [2.05, 4.69) is 10.5 Å². The molecule has 0 radical (unpaired) electrons. The van der Waals surface area contributed by atoms with Gasteiger partial charge in [-0.2, -0.15) is 13.2 Å². The maximum absolute atomic E-state index is 13.7. The van der Waals surface area contributed by atoms with Crippen LogP contribution in [-0.2, 0) is 17.5 Å². The highest BCUT2D eigenvalue weighted by Crippen LogP contribution is 2.46. The van der Waals surface area contributed by atoms with Crippen molar-refractivity contribution in [3.05, 3.63) is 69.1 Å². The zero-order valence-electron chi connectivity index (χ0n) is 21.1. The Labute approximate surface area is 237 Å². The molecule has 40 heavy (non-hydrogen) atoms. The molecule has 2 unspecified atom stereocenters. The van der Waals surface area contributed by atoms with Crippen molar-refractivity contribution in [3.8, 4) is 11.3 Å². The fourth-order valence-electron chi connectivity index (χ4n) is 5.85. The summed E-state index contributed by atoms with van der Waals surface area (Å²) in [5.41, 5.74) is 0.456. The fourth-order valence-corrected chi connectivity index (χ4v) is 6.43. The van der Waals surface area contributed by atoms with E-state index in [9.17, 15) is 22.4 Å². The number of nitrogens with zero attached hydrogens (tertiary/aromatic N) is 2. The molecule has 12 heteroatoms. The van der Waals surface area contributed by atoms with Gasteiger partial charge in [-0.05, 0) is 68.9 Å². The van der Waals surface area contributed by atoms with Gasteiger partial charge in [0.2, 0.25) is 0 Å². The molecule has 2 aliphatic heterocycles. The van der Waals surface area contributed by atoms with E-state index in [1.54, 1.807) is 23.1 Å². The maximum Gasteiger partial charge on any atom is 0.419 e. The standard InChI is InChI=1S/C28H25Cl2F4N3O3/c29-21-2-1-3-22(30)24(21)25-19(26(40-36-25)14-4-5-14)13-39-18-11-16-7-8-17(12-18)37(16)27(38)35-15-6-9-23(31)20(10-15)28(32,33)34/h1-3,6,9-10,14,16-18H,4-5,7-8,11-13H2,(H,35,38). The van der Waals surface area contributed by atoms with Gasteiger partial charge in [0.1, 0.15) is 17.3 Å². The van der Waals surface area contributed by atoms with Gasteiger partial charge in [-0.25, -0.2) is 9.18 Å². The number of hydrogen-bond donors (Lipinski definition) is 1. The molecular formula is C28H25Cl2F4N3O3. The number of ether oxygens (including phenoxy) is 1. The van der Waals surface area contributed by atoms with Crippen LogP contribution in [-0.4, -0.2) is 34.3 Å². The molecule has 3 fully saturated rings. The molecular weight excluding hydrogens is 573 g/mol. The summed E-state index contributed by atoms with van der Waals surface area (Å²) in [6.45, 7) is 0.248. The minimum atomic E-state index is -4.86. The van der Waals surface area contributed by atoms with E-state index >= 15 is 0 Å². The summed E-state index contributed by atoms with van der Waals surface area (Å²) in [6.07, 6.45) is -0.309. The van der Waals surface area contributed by atoms with E-state index in [1.165, 1.54) is 0 Å². The molecule has 3 aliphatic rings. The van der Waals surface area contributed by atoms with Crippen molar-refractivity contribution in [2.45, 2.75) is 75.4 Å². The van der Waals surface area contributed by atoms with Gasteiger partial charge >= 0.3 is 12.2 Å². The average molecular weight is 598 g/mol. The molecule has 3 aromatic rings. The second-order valence-electron chi connectivity index (χ2n) is 10.6. The number of carbonyl (C=O) groups excluding carboxylic acids is 1. The highest BCUT2D eigenvalue weighted by molar-refractivity contribution is 6.39. The summed E-state index contributed by atoms with van der Waals surface area (Å²) in [5, 5.41) is 7.74. The number of alkyl halides is 3. The monoisotopic (exact) mass is 597 g/mol. The lowest BCUT2D eigenvalue weighted by Crippen LogP contribution is -2.50. The molecule has 6 nitrogen and oxygen atoms in total. The van der Waals surface area contributed by atoms with Crippen molar-refractivity contribution >= 4 is 34.9 Å². The third-order valence-electron chi connectivity index (χ3n) is 7.88. The molecule has 2 amide bonds. The Hall–Kier alpha value is -2.82. The number of fused-ring (bicyclic) bond motifs is 2. The summed E-state index contributed by atoms with van der Waals surface area (Å²) in [4.78, 5) is 14.8. The number of piperidine rings is 1. The number of hydrogen-bond acceptors (Lipinski definition) is 4. The summed E-state index contributed by atoms with van der Waals surface area (Å²) < 4.78 is 65.1. The predicted molar refractivity (Wildman–Crippen MR) is 141 cm³/mol. The molecule has 2 atom stereocenters. The first-order valence-electron chi connectivity index (χ1n) is 13.1. The van der Waals surface area contributed by atoms with Crippen LogP contribution in [0.2, 0.25) is 10.0 Å². The Morgan fingerprint density at radius 2 is 1.75 bits per heavy atom. The lowest BCUT2D eigenvalue weighted by Gasteiger charge is -2.38. The van der Waals surface area contributed by atoms with Gasteiger partial charge in [0.25, 0.3) is 0 Å². The van der Waals surface area contributed by atoms with Crippen LogP contribution in [0.5, 0.6) is 0 Å². The highest BCUT2D eigenvalue weighted by Gasteiger charge is 2.44. The summed E-state index contributed by atoms with van der Waals surface area (Å²) >= 11 is 12.9. The normalized spacial score (nSPS) is 22.6. The van der Waals surface area contributed by atoms with E-state index in [1.807, 2.05) is 0 Å². The van der Waals surface area contributed by atoms with E-state index in [0.717, 1.165) is 43.1 Å². The van der Waals surface area contributed by atoms with Crippen LogP contribution in [0.1, 0.15) is 61.3 Å². The molecule has 2 bridgehead atoms. The first kappa shape index (κ1) is 27.4. The highest BCUT2D eigenvalue weighted by atomic mass is 35.5. The van der Waals surface area contributed by atoms with Gasteiger partial charge in [-0.15, -0.1) is 0 Å². The average Bonchev–Trinajstić information content (AvgIpc) is 3.60. The lowest BCUT2D eigenvalue weighted by molar-refractivity contribution is -0.139. The van der Waals surface area contributed by atoms with Crippen LogP contribution in [0, 0.1) is 5.82 Å². The molecule has 2 saturated heterocycles. The molecule has 2 aromatic carbocycles. The molecule has 1 aromatic heterocycles. The number of aromatic nitrogens is 1. The number of anilines is 1. The van der Waals surface area contributed by atoms with Crippen molar-refractivity contribution in [2.24, 2.45) is 0 Å². The van der Waals surface area contributed by atoms with E-state index < -0.39 is 23.6 Å². The largest absolute Gasteiger partial charge is 0.419 e. The van der Waals surface area contributed by atoms with E-state index in [-0.39, 0.29) is 36.4 Å². The first-order chi connectivity index (χ1) is 19.1. The van der Waals surface area contributed by atoms with Gasteiger partial charge in [-0.3, -0.25) is 0 Å². The SMILES string of the molecule is O=C(Nc1ccc(F)c(C(F)(F)F)c1)N1C2CCC1CC(OCc1c(-c3c(Cl)cccc3Cl)noc1C1CC1)C2. The van der Waals surface area contributed by atoms with E-state index in [0.29, 0.717) is 46.3 Å². The molecule has 1 N–H and O–H groups in total. The quantitative estimate of drug-likeness (QED) is 0.289. The van der Waals surface area contributed by atoms with Gasteiger partial charge in [0.15, 0.2) is 0 Å². The second-order valence-corrected chi connectivity index (χ2v) is 11.4. The number of carbonyl (C=O) groups is 1. The van der Waals surface area contributed by atoms with Crippen LogP contribution in [0.3, 0.4) is 0 Å². The molecule has 1 saturated carbocycles. The summed E-state index contributed by atoms with van der Waals surface area (Å²) in [6, 6.07) is 6.93. The molecule has 212 valence electrons. The van der Waals surface area contributed by atoms with Crippen molar-refractivity contribution in [1.29, 1.82) is 0 Å². The summed E-state index contributed by atoms with van der Waals surface area (Å²) in [7, 11) is 0. The number of amides is 2. The third kappa shape index (κ3) is 5.29. The lowest BCUT2D eigenvalue weighted by atomic mass is 9.99. The number of nitrogens with one attached hydrogen (secondary N) is 1. The molecule has 3 heterocycles. The van der Waals surface area contributed by atoms with Gasteiger partial charge in [0.05, 0.1) is 28.3 Å². The van der Waals surface area contributed by atoms with Gasteiger partial charge in [0, 0.05) is 34.8 Å².